The maximum absolute atomic E-state index is 13.6. The number of halogens is 1. The third-order valence-corrected chi connectivity index (χ3v) is 4.25. The van der Waals surface area contributed by atoms with Gasteiger partial charge < -0.3 is 13.9 Å². The van der Waals surface area contributed by atoms with Crippen molar-refractivity contribution in [2.75, 3.05) is 7.11 Å². The van der Waals surface area contributed by atoms with Gasteiger partial charge in [0.2, 0.25) is 0 Å². The van der Waals surface area contributed by atoms with Crippen LogP contribution in [0.15, 0.2) is 47.1 Å². The average molecular weight is 356 g/mol. The first-order chi connectivity index (χ1) is 12.5. The molecule has 0 aliphatic carbocycles. The van der Waals surface area contributed by atoms with Crippen LogP contribution in [0.5, 0.6) is 5.75 Å². The maximum Gasteiger partial charge on any atom is 0.310 e. The molecule has 0 unspecified atom stereocenters. The van der Waals surface area contributed by atoms with Crippen molar-refractivity contribution in [3.63, 3.8) is 0 Å². The Morgan fingerprint density at radius 3 is 2.73 bits per heavy atom. The van der Waals surface area contributed by atoms with E-state index in [1.807, 2.05) is 18.2 Å². The zero-order valence-corrected chi connectivity index (χ0v) is 15.0. The Labute approximate surface area is 151 Å². The quantitative estimate of drug-likeness (QED) is 0.584. The van der Waals surface area contributed by atoms with Crippen molar-refractivity contribution < 1.29 is 23.1 Å². The normalized spacial score (nSPS) is 11.1. The highest BCUT2D eigenvalue weighted by Gasteiger charge is 2.13. The van der Waals surface area contributed by atoms with Crippen molar-refractivity contribution in [1.29, 1.82) is 0 Å². The average Bonchev–Trinajstić information content (AvgIpc) is 3.09. The van der Waals surface area contributed by atoms with Gasteiger partial charge in [-0.2, -0.15) is 0 Å². The van der Waals surface area contributed by atoms with E-state index in [1.54, 1.807) is 12.3 Å². The highest BCUT2D eigenvalue weighted by atomic mass is 19.1. The Morgan fingerprint density at radius 2 is 2.00 bits per heavy atom. The van der Waals surface area contributed by atoms with E-state index in [4.69, 9.17) is 9.15 Å². The van der Waals surface area contributed by atoms with Crippen molar-refractivity contribution in [3.05, 3.63) is 65.2 Å². The molecule has 0 aliphatic rings. The van der Waals surface area contributed by atoms with Gasteiger partial charge in [-0.15, -0.1) is 0 Å². The Hall–Kier alpha value is -2.82. The fourth-order valence-electron chi connectivity index (χ4n) is 2.88. The number of ether oxygens (including phenoxy) is 2. The number of furan rings is 1. The summed E-state index contributed by atoms with van der Waals surface area (Å²) in [5.41, 5.74) is 3.52. The minimum absolute atomic E-state index is 0.0319. The number of carbonyl (C=O) groups is 1. The molecule has 4 nitrogen and oxygen atoms in total. The Morgan fingerprint density at radius 1 is 1.19 bits per heavy atom. The van der Waals surface area contributed by atoms with E-state index < -0.39 is 11.8 Å². The number of methoxy groups -OCH3 is 1. The van der Waals surface area contributed by atoms with Crippen molar-refractivity contribution in [2.24, 2.45) is 0 Å². The van der Waals surface area contributed by atoms with E-state index in [9.17, 15) is 9.18 Å². The maximum atomic E-state index is 13.6. The van der Waals surface area contributed by atoms with Crippen LogP contribution in [0.25, 0.3) is 11.0 Å². The first kappa shape index (κ1) is 18.0. The van der Waals surface area contributed by atoms with Crippen LogP contribution < -0.4 is 4.74 Å². The number of carbonyl (C=O) groups excluding carboxylic acids is 1. The van der Waals surface area contributed by atoms with E-state index in [0.717, 1.165) is 22.1 Å². The second-order valence-electron chi connectivity index (χ2n) is 6.47. The first-order valence-corrected chi connectivity index (χ1v) is 8.46. The minimum Gasteiger partial charge on any atom is -0.488 e. The number of fused-ring (bicyclic) bond motifs is 1. The molecule has 0 fully saturated rings. The standard InChI is InChI=1S/C21H21FO4/c1-13(2)18-9-14(8-16-6-7-25-21(16)18)12-26-19-11-17(22)5-4-15(19)10-20(23)24-3/h4-9,11,13H,10,12H2,1-3H3. The van der Waals surface area contributed by atoms with Crippen LogP contribution in [0, 0.1) is 5.82 Å². The Bertz CT molecular complexity index is 927. The van der Waals surface area contributed by atoms with Gasteiger partial charge in [0.15, 0.2) is 0 Å². The van der Waals surface area contributed by atoms with Gasteiger partial charge >= 0.3 is 5.97 Å². The van der Waals surface area contributed by atoms with Crippen molar-refractivity contribution in [2.45, 2.75) is 32.8 Å². The van der Waals surface area contributed by atoms with Crippen LogP contribution in [0.1, 0.15) is 36.5 Å². The zero-order chi connectivity index (χ0) is 18.7. The summed E-state index contributed by atoms with van der Waals surface area (Å²) in [7, 11) is 1.32. The van der Waals surface area contributed by atoms with Crippen molar-refractivity contribution >= 4 is 16.9 Å². The SMILES string of the molecule is COC(=O)Cc1ccc(F)cc1OCc1cc(C(C)C)c2occc2c1. The number of hydrogen-bond donors (Lipinski definition) is 0. The van der Waals surface area contributed by atoms with Crippen LogP contribution >= 0.6 is 0 Å². The molecule has 0 radical (unpaired) electrons. The lowest BCUT2D eigenvalue weighted by atomic mass is 9.98. The second-order valence-corrected chi connectivity index (χ2v) is 6.47. The molecule has 1 heterocycles. The number of benzene rings is 2. The van der Waals surface area contributed by atoms with E-state index >= 15 is 0 Å². The van der Waals surface area contributed by atoms with Gasteiger partial charge in [0, 0.05) is 17.0 Å². The molecule has 3 rings (SSSR count). The van der Waals surface area contributed by atoms with E-state index in [2.05, 4.69) is 18.6 Å². The molecule has 0 saturated carbocycles. The van der Waals surface area contributed by atoms with Gasteiger partial charge in [-0.3, -0.25) is 4.79 Å². The smallest absolute Gasteiger partial charge is 0.310 e. The molecule has 0 aliphatic heterocycles. The van der Waals surface area contributed by atoms with Gasteiger partial charge in [0.25, 0.3) is 0 Å². The Balaban J connectivity index is 1.86. The predicted octanol–water partition coefficient (Wildman–Crippen LogP) is 4.99. The lowest BCUT2D eigenvalue weighted by Gasteiger charge is -2.13. The summed E-state index contributed by atoms with van der Waals surface area (Å²) >= 11 is 0. The van der Waals surface area contributed by atoms with Crippen molar-refractivity contribution in [1.82, 2.24) is 0 Å². The molecule has 0 atom stereocenters. The number of rotatable bonds is 6. The number of esters is 1. The van der Waals surface area contributed by atoms with Gasteiger partial charge in [-0.05, 0) is 41.3 Å². The molecule has 0 amide bonds. The monoisotopic (exact) mass is 356 g/mol. The molecule has 136 valence electrons. The van der Waals surface area contributed by atoms with Crippen molar-refractivity contribution in [3.8, 4) is 5.75 Å². The fraction of sp³-hybridized carbons (Fsp3) is 0.286. The largest absolute Gasteiger partial charge is 0.488 e. The fourth-order valence-corrected chi connectivity index (χ4v) is 2.88. The molecule has 3 aromatic rings. The zero-order valence-electron chi connectivity index (χ0n) is 15.0. The molecule has 1 aromatic heterocycles. The summed E-state index contributed by atoms with van der Waals surface area (Å²) in [5, 5.41) is 1.00. The van der Waals surface area contributed by atoms with Gasteiger partial charge in [-0.25, -0.2) is 4.39 Å². The minimum atomic E-state index is -0.415. The van der Waals surface area contributed by atoms with E-state index in [0.29, 0.717) is 17.2 Å². The molecule has 0 spiro atoms. The van der Waals surface area contributed by atoms with Crippen LogP contribution in [0.3, 0.4) is 0 Å². The molecular weight excluding hydrogens is 335 g/mol. The molecule has 0 N–H and O–H groups in total. The topological polar surface area (TPSA) is 48.7 Å². The summed E-state index contributed by atoms with van der Waals surface area (Å²) in [5.74, 6) is -0.174. The molecular formula is C21H21FO4. The van der Waals surface area contributed by atoms with Gasteiger partial charge in [0.1, 0.15) is 23.8 Å². The molecule has 0 bridgehead atoms. The first-order valence-electron chi connectivity index (χ1n) is 8.46. The summed E-state index contributed by atoms with van der Waals surface area (Å²) in [6.07, 6.45) is 1.70. The number of hydrogen-bond acceptors (Lipinski definition) is 4. The highest BCUT2D eigenvalue weighted by molar-refractivity contribution is 5.81. The van der Waals surface area contributed by atoms with Crippen LogP contribution in [0.2, 0.25) is 0 Å². The highest BCUT2D eigenvalue weighted by Crippen LogP contribution is 2.29. The summed E-state index contributed by atoms with van der Waals surface area (Å²) < 4.78 is 29.7. The van der Waals surface area contributed by atoms with Crippen LogP contribution in [0.4, 0.5) is 4.39 Å². The summed E-state index contributed by atoms with van der Waals surface area (Å²) in [4.78, 5) is 11.5. The van der Waals surface area contributed by atoms with E-state index in [1.165, 1.54) is 19.2 Å². The lowest BCUT2D eigenvalue weighted by molar-refractivity contribution is -0.139. The molecule has 2 aromatic carbocycles. The van der Waals surface area contributed by atoms with Crippen LogP contribution in [-0.4, -0.2) is 13.1 Å². The summed E-state index contributed by atoms with van der Waals surface area (Å²) in [6, 6.07) is 10.1. The Kier molecular flexibility index (Phi) is 5.26. The second kappa shape index (κ2) is 7.60. The predicted molar refractivity (Wildman–Crippen MR) is 96.8 cm³/mol. The molecule has 26 heavy (non-hydrogen) atoms. The van der Waals surface area contributed by atoms with E-state index in [-0.39, 0.29) is 13.0 Å². The molecule has 5 heteroatoms. The van der Waals surface area contributed by atoms with Gasteiger partial charge in [-0.1, -0.05) is 19.9 Å². The van der Waals surface area contributed by atoms with Gasteiger partial charge in [0.05, 0.1) is 19.8 Å². The summed E-state index contributed by atoms with van der Waals surface area (Å²) in [6.45, 7) is 4.46. The van der Waals surface area contributed by atoms with Crippen LogP contribution in [-0.2, 0) is 22.6 Å². The third kappa shape index (κ3) is 3.87. The lowest BCUT2D eigenvalue weighted by Crippen LogP contribution is -2.07. The molecule has 0 saturated heterocycles. The third-order valence-electron chi connectivity index (χ3n) is 4.25.